The summed E-state index contributed by atoms with van der Waals surface area (Å²) in [4.78, 5) is 13.7. The lowest BCUT2D eigenvalue weighted by Crippen LogP contribution is -2.47. The summed E-state index contributed by atoms with van der Waals surface area (Å²) in [6.07, 6.45) is 9.66. The highest BCUT2D eigenvalue weighted by atomic mass is 127. The second kappa shape index (κ2) is 10.9. The quantitative estimate of drug-likeness (QED) is 0.376. The first-order valence-corrected chi connectivity index (χ1v) is 10.5. The third kappa shape index (κ3) is 5.63. The van der Waals surface area contributed by atoms with Crippen LogP contribution in [0.3, 0.4) is 0 Å². The van der Waals surface area contributed by atoms with Crippen molar-refractivity contribution in [1.29, 1.82) is 0 Å². The zero-order valence-corrected chi connectivity index (χ0v) is 20.2. The van der Waals surface area contributed by atoms with Gasteiger partial charge in [0, 0.05) is 58.2 Å². The molecular formula is C21H32IN7O. The molecule has 9 heteroatoms. The Hall–Kier alpha value is -1.88. The fraction of sp³-hybridized carbons (Fsp3) is 0.571. The lowest BCUT2D eigenvalue weighted by molar-refractivity contribution is -0.00805. The van der Waals surface area contributed by atoms with Gasteiger partial charge in [0.1, 0.15) is 11.9 Å². The number of pyridine rings is 1. The molecule has 0 spiro atoms. The molecule has 0 amide bonds. The van der Waals surface area contributed by atoms with Gasteiger partial charge < -0.3 is 19.9 Å². The highest BCUT2D eigenvalue weighted by molar-refractivity contribution is 14.0. The van der Waals surface area contributed by atoms with Gasteiger partial charge in [-0.2, -0.15) is 5.10 Å². The maximum Gasteiger partial charge on any atom is 0.194 e. The SMILES string of the molecule is CN=C(NCc1ccnc(N2CCCCC2)c1)N1CCOC(c2cnn(C)c2)C1.I. The number of hydrogen-bond acceptors (Lipinski definition) is 5. The van der Waals surface area contributed by atoms with Crippen molar-refractivity contribution >= 4 is 35.8 Å². The molecule has 0 aliphatic carbocycles. The van der Waals surface area contributed by atoms with E-state index in [1.54, 1.807) is 0 Å². The van der Waals surface area contributed by atoms with Gasteiger partial charge in [-0.05, 0) is 37.0 Å². The number of aryl methyl sites for hydroxylation is 1. The van der Waals surface area contributed by atoms with E-state index in [1.165, 1.54) is 24.8 Å². The van der Waals surface area contributed by atoms with Gasteiger partial charge in [-0.15, -0.1) is 24.0 Å². The molecule has 2 saturated heterocycles. The Kier molecular flexibility index (Phi) is 8.32. The molecule has 1 N–H and O–H groups in total. The molecule has 0 saturated carbocycles. The van der Waals surface area contributed by atoms with Gasteiger partial charge in [-0.25, -0.2) is 4.98 Å². The van der Waals surface area contributed by atoms with Crippen molar-refractivity contribution in [3.63, 3.8) is 0 Å². The highest BCUT2D eigenvalue weighted by Crippen LogP contribution is 2.22. The van der Waals surface area contributed by atoms with Crippen molar-refractivity contribution in [2.75, 3.05) is 44.7 Å². The van der Waals surface area contributed by atoms with Gasteiger partial charge >= 0.3 is 0 Å². The molecular weight excluding hydrogens is 493 g/mol. The largest absolute Gasteiger partial charge is 0.370 e. The number of ether oxygens (including phenoxy) is 1. The van der Waals surface area contributed by atoms with Crippen molar-refractivity contribution in [2.24, 2.45) is 12.0 Å². The van der Waals surface area contributed by atoms with Gasteiger partial charge in [-0.3, -0.25) is 9.67 Å². The minimum atomic E-state index is 0. The lowest BCUT2D eigenvalue weighted by Gasteiger charge is -2.34. The Morgan fingerprint density at radius 3 is 2.83 bits per heavy atom. The normalized spacial score (nSPS) is 20.1. The molecule has 4 rings (SSSR count). The first kappa shape index (κ1) is 22.8. The predicted molar refractivity (Wildman–Crippen MR) is 129 cm³/mol. The second-order valence-electron chi connectivity index (χ2n) is 7.72. The first-order valence-electron chi connectivity index (χ1n) is 10.5. The van der Waals surface area contributed by atoms with Crippen LogP contribution in [0, 0.1) is 0 Å². The van der Waals surface area contributed by atoms with E-state index in [-0.39, 0.29) is 30.1 Å². The Bertz CT molecular complexity index is 834. The number of nitrogens with zero attached hydrogens (tertiary/aromatic N) is 6. The molecule has 2 aromatic heterocycles. The Morgan fingerprint density at radius 2 is 2.10 bits per heavy atom. The third-order valence-electron chi connectivity index (χ3n) is 5.62. The number of rotatable bonds is 4. The topological polar surface area (TPSA) is 70.8 Å². The maximum atomic E-state index is 5.96. The van der Waals surface area contributed by atoms with Crippen molar-refractivity contribution in [3.8, 4) is 0 Å². The van der Waals surface area contributed by atoms with E-state index in [4.69, 9.17) is 4.74 Å². The van der Waals surface area contributed by atoms with Gasteiger partial charge in [-0.1, -0.05) is 0 Å². The van der Waals surface area contributed by atoms with Crippen LogP contribution < -0.4 is 10.2 Å². The number of aliphatic imine (C=N–C) groups is 1. The molecule has 0 radical (unpaired) electrons. The number of anilines is 1. The summed E-state index contributed by atoms with van der Waals surface area (Å²) in [5, 5.41) is 7.78. The summed E-state index contributed by atoms with van der Waals surface area (Å²) in [6, 6.07) is 4.27. The summed E-state index contributed by atoms with van der Waals surface area (Å²) in [5.74, 6) is 1.99. The van der Waals surface area contributed by atoms with Crippen molar-refractivity contribution in [1.82, 2.24) is 25.0 Å². The van der Waals surface area contributed by atoms with Crippen LogP contribution in [0.4, 0.5) is 5.82 Å². The highest BCUT2D eigenvalue weighted by Gasteiger charge is 2.25. The molecule has 0 aromatic carbocycles. The van der Waals surface area contributed by atoms with E-state index in [2.05, 4.69) is 42.3 Å². The van der Waals surface area contributed by atoms with E-state index in [1.807, 2.05) is 37.4 Å². The molecule has 8 nitrogen and oxygen atoms in total. The van der Waals surface area contributed by atoms with Gasteiger partial charge in [0.05, 0.1) is 19.3 Å². The summed E-state index contributed by atoms with van der Waals surface area (Å²) >= 11 is 0. The summed E-state index contributed by atoms with van der Waals surface area (Å²) in [5.41, 5.74) is 2.33. The van der Waals surface area contributed by atoms with Crippen LogP contribution in [0.5, 0.6) is 0 Å². The fourth-order valence-corrected chi connectivity index (χ4v) is 4.03. The average molecular weight is 525 g/mol. The van der Waals surface area contributed by atoms with E-state index in [9.17, 15) is 0 Å². The van der Waals surface area contributed by atoms with Gasteiger partial charge in [0.2, 0.25) is 0 Å². The number of piperidine rings is 1. The standard InChI is InChI=1S/C21H31N7O.HI/c1-22-21(28-10-11-29-19(16-28)18-14-25-26(2)15-18)24-13-17-6-7-23-20(12-17)27-8-4-3-5-9-27;/h6-7,12,14-15,19H,3-5,8-11,13,16H2,1-2H3,(H,22,24);1H. The molecule has 0 bridgehead atoms. The summed E-state index contributed by atoms with van der Waals surface area (Å²) < 4.78 is 7.77. The van der Waals surface area contributed by atoms with E-state index >= 15 is 0 Å². The lowest BCUT2D eigenvalue weighted by atomic mass is 10.1. The van der Waals surface area contributed by atoms with Crippen LogP contribution in [0.2, 0.25) is 0 Å². The van der Waals surface area contributed by atoms with Gasteiger partial charge in [0.25, 0.3) is 0 Å². The van der Waals surface area contributed by atoms with E-state index in [0.717, 1.165) is 50.1 Å². The minimum Gasteiger partial charge on any atom is -0.370 e. The minimum absolute atomic E-state index is 0. The predicted octanol–water partition coefficient (Wildman–Crippen LogP) is 2.57. The molecule has 1 atom stereocenters. The number of morpholine rings is 1. The molecule has 30 heavy (non-hydrogen) atoms. The van der Waals surface area contributed by atoms with Crippen LogP contribution in [0.25, 0.3) is 0 Å². The van der Waals surface area contributed by atoms with E-state index in [0.29, 0.717) is 6.61 Å². The molecule has 1 unspecified atom stereocenters. The zero-order chi connectivity index (χ0) is 20.1. The molecule has 2 aliphatic heterocycles. The molecule has 2 aromatic rings. The fourth-order valence-electron chi connectivity index (χ4n) is 4.03. The van der Waals surface area contributed by atoms with Crippen LogP contribution in [-0.4, -0.2) is 65.5 Å². The molecule has 2 fully saturated rings. The Labute approximate surface area is 195 Å². The average Bonchev–Trinajstić information content (AvgIpc) is 3.22. The Morgan fingerprint density at radius 1 is 1.27 bits per heavy atom. The summed E-state index contributed by atoms with van der Waals surface area (Å²) in [7, 11) is 3.76. The number of guanidine groups is 1. The number of hydrogen-bond donors (Lipinski definition) is 1. The van der Waals surface area contributed by atoms with Crippen LogP contribution in [-0.2, 0) is 18.3 Å². The third-order valence-corrected chi connectivity index (χ3v) is 5.62. The number of nitrogens with one attached hydrogen (secondary N) is 1. The zero-order valence-electron chi connectivity index (χ0n) is 17.8. The van der Waals surface area contributed by atoms with Crippen LogP contribution >= 0.6 is 24.0 Å². The van der Waals surface area contributed by atoms with Gasteiger partial charge in [0.15, 0.2) is 5.96 Å². The van der Waals surface area contributed by atoms with E-state index < -0.39 is 0 Å². The van der Waals surface area contributed by atoms with Crippen molar-refractivity contribution in [2.45, 2.75) is 31.9 Å². The molecule has 164 valence electrons. The Balaban J connectivity index is 0.00000256. The monoisotopic (exact) mass is 525 g/mol. The first-order chi connectivity index (χ1) is 14.2. The van der Waals surface area contributed by atoms with Crippen molar-refractivity contribution < 1.29 is 4.74 Å². The smallest absolute Gasteiger partial charge is 0.194 e. The molecule has 2 aliphatic rings. The van der Waals surface area contributed by atoms with Crippen LogP contribution in [0.15, 0.2) is 35.7 Å². The number of halogens is 1. The maximum absolute atomic E-state index is 5.96. The second-order valence-corrected chi connectivity index (χ2v) is 7.72. The number of aromatic nitrogens is 3. The van der Waals surface area contributed by atoms with Crippen LogP contribution in [0.1, 0.15) is 36.5 Å². The summed E-state index contributed by atoms with van der Waals surface area (Å²) in [6.45, 7) is 5.20. The molecule has 4 heterocycles. The van der Waals surface area contributed by atoms with Crippen molar-refractivity contribution in [3.05, 3.63) is 41.9 Å².